The molecule has 1 unspecified atom stereocenters. The minimum absolute atomic E-state index is 0.203. The van der Waals surface area contributed by atoms with Crippen LogP contribution in [0.4, 0.5) is 19.1 Å². The van der Waals surface area contributed by atoms with Gasteiger partial charge in [0, 0.05) is 7.05 Å². The third kappa shape index (κ3) is 4.51. The van der Waals surface area contributed by atoms with E-state index in [1.807, 2.05) is 0 Å². The summed E-state index contributed by atoms with van der Waals surface area (Å²) < 4.78 is 38.0. The second-order valence-electron chi connectivity index (χ2n) is 4.30. The van der Waals surface area contributed by atoms with E-state index in [0.717, 1.165) is 4.90 Å². The van der Waals surface area contributed by atoms with Crippen LogP contribution in [0.25, 0.3) is 0 Å². The number of amides is 1. The first-order valence-corrected chi connectivity index (χ1v) is 5.55. The van der Waals surface area contributed by atoms with Gasteiger partial charge in [-0.25, -0.2) is 4.68 Å². The van der Waals surface area contributed by atoms with Crippen LogP contribution in [0.2, 0.25) is 0 Å². The molecular formula is C10H16F3N5O. The minimum atomic E-state index is -4.34. The molecule has 0 aliphatic heterocycles. The van der Waals surface area contributed by atoms with E-state index in [1.165, 1.54) is 18.7 Å². The highest BCUT2D eigenvalue weighted by atomic mass is 19.4. The first-order chi connectivity index (χ1) is 8.60. The van der Waals surface area contributed by atoms with E-state index < -0.39 is 24.7 Å². The Hall–Kier alpha value is -1.64. The molecule has 0 aliphatic carbocycles. The van der Waals surface area contributed by atoms with Gasteiger partial charge in [0.1, 0.15) is 5.82 Å². The second-order valence-corrected chi connectivity index (χ2v) is 4.30. The van der Waals surface area contributed by atoms with Crippen molar-refractivity contribution in [2.75, 3.05) is 18.9 Å². The van der Waals surface area contributed by atoms with Crippen molar-refractivity contribution in [2.24, 2.45) is 7.05 Å². The number of anilines is 1. The Morgan fingerprint density at radius 3 is 2.53 bits per heavy atom. The Morgan fingerprint density at radius 1 is 1.53 bits per heavy atom. The number of alkyl halides is 3. The number of rotatable bonds is 4. The SMILES string of the molecule is Cc1nc(NC(=O)C(C)N(C)CC(F)(F)F)n(C)n1. The molecular weight excluding hydrogens is 263 g/mol. The van der Waals surface area contributed by atoms with E-state index in [1.54, 1.807) is 14.0 Å². The Kier molecular flexibility index (Phi) is 4.51. The first-order valence-electron chi connectivity index (χ1n) is 5.55. The van der Waals surface area contributed by atoms with Crippen LogP contribution in [0.15, 0.2) is 0 Å². The van der Waals surface area contributed by atoms with Gasteiger partial charge in [-0.15, -0.1) is 0 Å². The number of aromatic nitrogens is 3. The van der Waals surface area contributed by atoms with Gasteiger partial charge in [-0.05, 0) is 20.9 Å². The normalized spacial score (nSPS) is 13.7. The molecule has 108 valence electrons. The van der Waals surface area contributed by atoms with E-state index >= 15 is 0 Å². The quantitative estimate of drug-likeness (QED) is 0.891. The Balaban J connectivity index is 2.65. The molecule has 0 fully saturated rings. The van der Waals surface area contributed by atoms with Gasteiger partial charge in [-0.2, -0.15) is 23.3 Å². The highest BCUT2D eigenvalue weighted by Crippen LogP contribution is 2.17. The van der Waals surface area contributed by atoms with Crippen LogP contribution in [0.1, 0.15) is 12.7 Å². The van der Waals surface area contributed by atoms with Gasteiger partial charge in [0.15, 0.2) is 0 Å². The largest absolute Gasteiger partial charge is 0.401 e. The number of hydrogen-bond acceptors (Lipinski definition) is 4. The molecule has 0 saturated heterocycles. The molecule has 0 saturated carbocycles. The fourth-order valence-electron chi connectivity index (χ4n) is 1.46. The number of carbonyl (C=O) groups is 1. The van der Waals surface area contributed by atoms with Crippen LogP contribution >= 0.6 is 0 Å². The number of hydrogen-bond donors (Lipinski definition) is 1. The lowest BCUT2D eigenvalue weighted by atomic mass is 10.3. The molecule has 0 bridgehead atoms. The summed E-state index contributed by atoms with van der Waals surface area (Å²) in [5, 5.41) is 6.36. The summed E-state index contributed by atoms with van der Waals surface area (Å²) in [6.07, 6.45) is -4.34. The Morgan fingerprint density at radius 2 is 2.11 bits per heavy atom. The number of carbonyl (C=O) groups excluding carboxylic acids is 1. The third-order valence-corrected chi connectivity index (χ3v) is 2.57. The maximum atomic E-state index is 12.2. The Bertz CT molecular complexity index is 457. The molecule has 0 aromatic carbocycles. The lowest BCUT2D eigenvalue weighted by molar-refractivity contribution is -0.149. The van der Waals surface area contributed by atoms with Gasteiger partial charge < -0.3 is 0 Å². The Labute approximate surface area is 108 Å². The fraction of sp³-hybridized carbons (Fsp3) is 0.700. The predicted molar refractivity (Wildman–Crippen MR) is 62.5 cm³/mol. The summed E-state index contributed by atoms with van der Waals surface area (Å²) in [6, 6.07) is -0.932. The molecule has 1 N–H and O–H groups in total. The van der Waals surface area contributed by atoms with Crippen molar-refractivity contribution in [2.45, 2.75) is 26.1 Å². The van der Waals surface area contributed by atoms with Crippen molar-refractivity contribution in [1.29, 1.82) is 0 Å². The lowest BCUT2D eigenvalue weighted by Gasteiger charge is -2.24. The summed E-state index contributed by atoms with van der Waals surface area (Å²) in [6.45, 7) is 1.89. The number of aryl methyl sites for hydroxylation is 2. The predicted octanol–water partition coefficient (Wildman–Crippen LogP) is 0.945. The van der Waals surface area contributed by atoms with Crippen LogP contribution in [-0.2, 0) is 11.8 Å². The number of nitrogens with one attached hydrogen (secondary N) is 1. The molecule has 9 heteroatoms. The molecule has 1 aromatic heterocycles. The minimum Gasteiger partial charge on any atom is -0.293 e. The van der Waals surface area contributed by atoms with Gasteiger partial charge in [-0.3, -0.25) is 15.0 Å². The maximum absolute atomic E-state index is 12.2. The van der Waals surface area contributed by atoms with Crippen molar-refractivity contribution in [3.63, 3.8) is 0 Å². The molecule has 1 amide bonds. The lowest BCUT2D eigenvalue weighted by Crippen LogP contribution is -2.44. The standard InChI is InChI=1S/C10H16F3N5O/c1-6(17(3)5-10(11,12)13)8(19)15-9-14-7(2)16-18(9)4/h6H,5H2,1-4H3,(H,14,15,16,19). The van der Waals surface area contributed by atoms with Gasteiger partial charge in [0.25, 0.3) is 0 Å². The molecule has 1 aromatic rings. The molecule has 1 rings (SSSR count). The van der Waals surface area contributed by atoms with Gasteiger partial charge in [-0.1, -0.05) is 0 Å². The van der Waals surface area contributed by atoms with E-state index in [0.29, 0.717) is 5.82 Å². The fourth-order valence-corrected chi connectivity index (χ4v) is 1.46. The smallest absolute Gasteiger partial charge is 0.293 e. The average Bonchev–Trinajstić information content (AvgIpc) is 2.53. The average molecular weight is 279 g/mol. The zero-order chi connectivity index (χ0) is 14.8. The zero-order valence-corrected chi connectivity index (χ0v) is 11.1. The maximum Gasteiger partial charge on any atom is 0.401 e. The van der Waals surface area contributed by atoms with E-state index in [-0.39, 0.29) is 5.95 Å². The van der Waals surface area contributed by atoms with Gasteiger partial charge in [0.2, 0.25) is 11.9 Å². The van der Waals surface area contributed by atoms with Crippen LogP contribution in [0.3, 0.4) is 0 Å². The van der Waals surface area contributed by atoms with Crippen molar-refractivity contribution in [3.05, 3.63) is 5.82 Å². The highest BCUT2D eigenvalue weighted by Gasteiger charge is 2.32. The summed E-state index contributed by atoms with van der Waals surface area (Å²) in [5.41, 5.74) is 0. The number of nitrogens with zero attached hydrogens (tertiary/aromatic N) is 4. The zero-order valence-electron chi connectivity index (χ0n) is 11.1. The molecule has 6 nitrogen and oxygen atoms in total. The monoisotopic (exact) mass is 279 g/mol. The van der Waals surface area contributed by atoms with Crippen LogP contribution in [-0.4, -0.2) is 51.4 Å². The summed E-state index contributed by atoms with van der Waals surface area (Å²) in [7, 11) is 2.82. The highest BCUT2D eigenvalue weighted by molar-refractivity contribution is 5.93. The van der Waals surface area contributed by atoms with Crippen LogP contribution in [0.5, 0.6) is 0 Å². The second kappa shape index (κ2) is 5.55. The van der Waals surface area contributed by atoms with Crippen molar-refractivity contribution >= 4 is 11.9 Å². The van der Waals surface area contributed by atoms with Gasteiger partial charge in [0.05, 0.1) is 12.6 Å². The summed E-state index contributed by atoms with van der Waals surface area (Å²) in [4.78, 5) is 16.7. The number of likely N-dealkylation sites (N-methyl/N-ethyl adjacent to an activating group) is 1. The molecule has 1 heterocycles. The van der Waals surface area contributed by atoms with Crippen molar-refractivity contribution in [3.8, 4) is 0 Å². The molecule has 0 radical (unpaired) electrons. The molecule has 0 spiro atoms. The molecule has 19 heavy (non-hydrogen) atoms. The molecule has 0 aliphatic rings. The first kappa shape index (κ1) is 15.4. The third-order valence-electron chi connectivity index (χ3n) is 2.57. The van der Waals surface area contributed by atoms with E-state index in [9.17, 15) is 18.0 Å². The van der Waals surface area contributed by atoms with Crippen LogP contribution < -0.4 is 5.32 Å². The molecule has 1 atom stereocenters. The van der Waals surface area contributed by atoms with E-state index in [2.05, 4.69) is 15.4 Å². The summed E-state index contributed by atoms with van der Waals surface area (Å²) >= 11 is 0. The van der Waals surface area contributed by atoms with E-state index in [4.69, 9.17) is 0 Å². The topological polar surface area (TPSA) is 63.1 Å². The van der Waals surface area contributed by atoms with Gasteiger partial charge >= 0.3 is 6.18 Å². The van der Waals surface area contributed by atoms with Crippen LogP contribution in [0, 0.1) is 6.92 Å². The van der Waals surface area contributed by atoms with Crippen molar-refractivity contribution in [1.82, 2.24) is 19.7 Å². The number of halogens is 3. The van der Waals surface area contributed by atoms with Crippen molar-refractivity contribution < 1.29 is 18.0 Å². The summed E-state index contributed by atoms with van der Waals surface area (Å²) in [5.74, 6) is 0.103.